The van der Waals surface area contributed by atoms with E-state index in [4.69, 9.17) is 4.74 Å². The van der Waals surface area contributed by atoms with Crippen LogP contribution in [-0.2, 0) is 10.2 Å². The SMILES string of the molecule is COc1ccc(C(O)C(=O)C(C)C)cc1C(C)(C)C. The van der Waals surface area contributed by atoms with Gasteiger partial charge in [0.1, 0.15) is 11.9 Å². The lowest BCUT2D eigenvalue weighted by atomic mass is 9.84. The van der Waals surface area contributed by atoms with Crippen LogP contribution in [0.25, 0.3) is 0 Å². The van der Waals surface area contributed by atoms with Gasteiger partial charge in [0.15, 0.2) is 5.78 Å². The second-order valence-electron chi connectivity index (χ2n) is 6.17. The lowest BCUT2D eigenvalue weighted by Gasteiger charge is -2.24. The van der Waals surface area contributed by atoms with Gasteiger partial charge in [0.25, 0.3) is 0 Å². The maximum absolute atomic E-state index is 11.9. The fraction of sp³-hybridized carbons (Fsp3) is 0.562. The van der Waals surface area contributed by atoms with Gasteiger partial charge >= 0.3 is 0 Å². The number of ether oxygens (including phenoxy) is 1. The molecule has 0 aliphatic heterocycles. The third kappa shape index (κ3) is 3.57. The van der Waals surface area contributed by atoms with Crippen molar-refractivity contribution in [1.29, 1.82) is 0 Å². The van der Waals surface area contributed by atoms with Gasteiger partial charge in [-0.3, -0.25) is 4.79 Å². The average Bonchev–Trinajstić information content (AvgIpc) is 2.35. The summed E-state index contributed by atoms with van der Waals surface area (Å²) >= 11 is 0. The summed E-state index contributed by atoms with van der Waals surface area (Å²) in [6.45, 7) is 9.81. The summed E-state index contributed by atoms with van der Waals surface area (Å²) in [6, 6.07) is 5.43. The van der Waals surface area contributed by atoms with E-state index in [0.29, 0.717) is 5.56 Å². The molecule has 1 atom stereocenters. The molecule has 3 heteroatoms. The van der Waals surface area contributed by atoms with E-state index in [9.17, 15) is 9.90 Å². The summed E-state index contributed by atoms with van der Waals surface area (Å²) < 4.78 is 5.35. The van der Waals surface area contributed by atoms with Crippen LogP contribution < -0.4 is 4.74 Å². The summed E-state index contributed by atoms with van der Waals surface area (Å²) in [7, 11) is 1.62. The molecule has 1 unspecified atom stereocenters. The monoisotopic (exact) mass is 264 g/mol. The number of Topliss-reactive ketones (excluding diaryl/α,β-unsaturated/α-hetero) is 1. The van der Waals surface area contributed by atoms with E-state index in [2.05, 4.69) is 20.8 Å². The molecule has 1 rings (SSSR count). The molecule has 0 aliphatic carbocycles. The van der Waals surface area contributed by atoms with E-state index in [1.807, 2.05) is 12.1 Å². The van der Waals surface area contributed by atoms with Crippen LogP contribution in [0.4, 0.5) is 0 Å². The number of hydrogen-bond acceptors (Lipinski definition) is 3. The van der Waals surface area contributed by atoms with Gasteiger partial charge in [0, 0.05) is 5.92 Å². The Labute approximate surface area is 115 Å². The van der Waals surface area contributed by atoms with Crippen molar-refractivity contribution < 1.29 is 14.6 Å². The van der Waals surface area contributed by atoms with Gasteiger partial charge in [0.05, 0.1) is 7.11 Å². The minimum absolute atomic E-state index is 0.109. The normalized spacial score (nSPS) is 13.5. The summed E-state index contributed by atoms with van der Waals surface area (Å²) in [5.74, 6) is 0.431. The van der Waals surface area contributed by atoms with Crippen molar-refractivity contribution in [2.45, 2.75) is 46.1 Å². The number of rotatable bonds is 4. The number of aliphatic hydroxyl groups is 1. The van der Waals surface area contributed by atoms with Crippen molar-refractivity contribution in [3.8, 4) is 5.75 Å². The average molecular weight is 264 g/mol. The second kappa shape index (κ2) is 5.74. The first kappa shape index (κ1) is 15.7. The van der Waals surface area contributed by atoms with Gasteiger partial charge in [-0.25, -0.2) is 0 Å². The molecule has 0 radical (unpaired) electrons. The molecular formula is C16H24O3. The zero-order chi connectivity index (χ0) is 14.8. The van der Waals surface area contributed by atoms with Crippen LogP contribution >= 0.6 is 0 Å². The van der Waals surface area contributed by atoms with Crippen LogP contribution in [0.5, 0.6) is 5.75 Å². The summed E-state index contributed by atoms with van der Waals surface area (Å²) in [5.41, 5.74) is 1.51. The standard InChI is InChI=1S/C16H24O3/c1-10(2)14(17)15(18)11-7-8-13(19-6)12(9-11)16(3,4)5/h7-10,15,18H,1-6H3. The minimum atomic E-state index is -1.06. The quantitative estimate of drug-likeness (QED) is 0.908. The number of methoxy groups -OCH3 is 1. The Morgan fingerprint density at radius 1 is 1.26 bits per heavy atom. The van der Waals surface area contributed by atoms with Crippen molar-refractivity contribution in [3.05, 3.63) is 29.3 Å². The first-order valence-corrected chi connectivity index (χ1v) is 6.58. The topological polar surface area (TPSA) is 46.5 Å². The maximum atomic E-state index is 11.9. The fourth-order valence-corrected chi connectivity index (χ4v) is 1.96. The Balaban J connectivity index is 3.22. The predicted octanol–water partition coefficient (Wildman–Crippen LogP) is 3.25. The van der Waals surface area contributed by atoms with E-state index in [1.54, 1.807) is 27.0 Å². The highest BCUT2D eigenvalue weighted by molar-refractivity contribution is 5.85. The number of ketones is 1. The van der Waals surface area contributed by atoms with Gasteiger partial charge in [-0.1, -0.05) is 40.7 Å². The lowest BCUT2D eigenvalue weighted by Crippen LogP contribution is -2.19. The first-order chi connectivity index (χ1) is 8.68. The number of benzene rings is 1. The third-order valence-corrected chi connectivity index (χ3v) is 3.19. The van der Waals surface area contributed by atoms with Crippen LogP contribution in [0.2, 0.25) is 0 Å². The number of aliphatic hydroxyl groups excluding tert-OH is 1. The smallest absolute Gasteiger partial charge is 0.168 e. The Hall–Kier alpha value is -1.35. The van der Waals surface area contributed by atoms with Crippen LogP contribution in [0.15, 0.2) is 18.2 Å². The largest absolute Gasteiger partial charge is 0.496 e. The van der Waals surface area contributed by atoms with Crippen molar-refractivity contribution in [3.63, 3.8) is 0 Å². The summed E-state index contributed by atoms with van der Waals surface area (Å²) in [4.78, 5) is 11.9. The molecule has 0 aliphatic rings. The maximum Gasteiger partial charge on any atom is 0.168 e. The van der Waals surface area contributed by atoms with Crippen LogP contribution in [0.3, 0.4) is 0 Å². The molecule has 0 amide bonds. The Morgan fingerprint density at radius 2 is 1.84 bits per heavy atom. The molecule has 3 nitrogen and oxygen atoms in total. The molecule has 1 aromatic carbocycles. The van der Waals surface area contributed by atoms with Crippen LogP contribution in [-0.4, -0.2) is 18.0 Å². The zero-order valence-electron chi connectivity index (χ0n) is 12.7. The molecule has 106 valence electrons. The van der Waals surface area contributed by atoms with Crippen molar-refractivity contribution >= 4 is 5.78 Å². The van der Waals surface area contributed by atoms with E-state index < -0.39 is 6.10 Å². The predicted molar refractivity (Wildman–Crippen MR) is 76.5 cm³/mol. The third-order valence-electron chi connectivity index (χ3n) is 3.19. The highest BCUT2D eigenvalue weighted by Crippen LogP contribution is 2.33. The highest BCUT2D eigenvalue weighted by Gasteiger charge is 2.24. The lowest BCUT2D eigenvalue weighted by molar-refractivity contribution is -0.130. The Morgan fingerprint density at radius 3 is 2.26 bits per heavy atom. The summed E-state index contributed by atoms with van der Waals surface area (Å²) in [6.07, 6.45) is -1.06. The molecular weight excluding hydrogens is 240 g/mol. The van der Waals surface area contributed by atoms with Crippen molar-refractivity contribution in [2.75, 3.05) is 7.11 Å². The number of carbonyl (C=O) groups excluding carboxylic acids is 1. The van der Waals surface area contributed by atoms with E-state index in [0.717, 1.165) is 11.3 Å². The minimum Gasteiger partial charge on any atom is -0.496 e. The number of carbonyl (C=O) groups is 1. The second-order valence-corrected chi connectivity index (χ2v) is 6.17. The molecule has 0 fully saturated rings. The molecule has 0 spiro atoms. The van der Waals surface area contributed by atoms with Crippen molar-refractivity contribution in [2.24, 2.45) is 5.92 Å². The molecule has 0 bridgehead atoms. The molecule has 0 saturated carbocycles. The van der Waals surface area contributed by atoms with E-state index >= 15 is 0 Å². The van der Waals surface area contributed by atoms with Gasteiger partial charge in [-0.15, -0.1) is 0 Å². The Bertz CT molecular complexity index is 456. The van der Waals surface area contributed by atoms with Crippen LogP contribution in [0, 0.1) is 5.92 Å². The highest BCUT2D eigenvalue weighted by atomic mass is 16.5. The van der Waals surface area contributed by atoms with Gasteiger partial charge in [-0.2, -0.15) is 0 Å². The van der Waals surface area contributed by atoms with Gasteiger partial charge < -0.3 is 9.84 Å². The summed E-state index contributed by atoms with van der Waals surface area (Å²) in [5, 5.41) is 10.1. The fourth-order valence-electron chi connectivity index (χ4n) is 1.96. The molecule has 0 saturated heterocycles. The molecule has 0 aromatic heterocycles. The number of hydrogen-bond donors (Lipinski definition) is 1. The van der Waals surface area contributed by atoms with E-state index in [1.165, 1.54) is 0 Å². The molecule has 0 heterocycles. The van der Waals surface area contributed by atoms with Gasteiger partial charge in [-0.05, 0) is 28.7 Å². The molecule has 19 heavy (non-hydrogen) atoms. The van der Waals surface area contributed by atoms with Crippen LogP contribution in [0.1, 0.15) is 51.8 Å². The first-order valence-electron chi connectivity index (χ1n) is 6.58. The van der Waals surface area contributed by atoms with Crippen molar-refractivity contribution in [1.82, 2.24) is 0 Å². The molecule has 1 aromatic rings. The molecule has 1 N–H and O–H groups in total. The van der Waals surface area contributed by atoms with E-state index in [-0.39, 0.29) is 17.1 Å². The zero-order valence-corrected chi connectivity index (χ0v) is 12.7. The Kier molecular flexibility index (Phi) is 4.75. The van der Waals surface area contributed by atoms with Gasteiger partial charge in [0.2, 0.25) is 0 Å².